The maximum absolute atomic E-state index is 12.8. The molecule has 2 fully saturated rings. The number of benzene rings is 1. The minimum Gasteiger partial charge on any atom is -0.376 e. The number of nitrogens with one attached hydrogen (secondary N) is 1. The highest BCUT2D eigenvalue weighted by atomic mass is 35.5. The topological polar surface area (TPSA) is 72.3 Å². The summed E-state index contributed by atoms with van der Waals surface area (Å²) in [5.74, 6) is 0.737. The molecule has 1 N–H and O–H groups in total. The molecule has 0 aliphatic carbocycles. The fraction of sp³-hybridized carbons (Fsp3) is 0.571. The fourth-order valence-corrected chi connectivity index (χ4v) is 5.31. The molecule has 31 heavy (non-hydrogen) atoms. The van der Waals surface area contributed by atoms with Crippen LogP contribution in [-0.2, 0) is 16.1 Å². The summed E-state index contributed by atoms with van der Waals surface area (Å²) >= 11 is 13.5. The molecule has 0 bridgehead atoms. The van der Waals surface area contributed by atoms with Gasteiger partial charge in [0.05, 0.1) is 17.9 Å². The molecule has 10 heteroatoms. The summed E-state index contributed by atoms with van der Waals surface area (Å²) in [4.78, 5) is 15.1. The van der Waals surface area contributed by atoms with Gasteiger partial charge < -0.3 is 15.0 Å². The van der Waals surface area contributed by atoms with E-state index in [9.17, 15) is 4.79 Å². The average Bonchev–Trinajstić information content (AvgIpc) is 3.39. The molecule has 1 amide bonds. The molecule has 2 atom stereocenters. The lowest BCUT2D eigenvalue weighted by atomic mass is 10.1. The highest BCUT2D eigenvalue weighted by Gasteiger charge is 2.27. The van der Waals surface area contributed by atoms with Crippen molar-refractivity contribution >= 4 is 52.5 Å². The first kappa shape index (κ1) is 22.7. The highest BCUT2D eigenvalue weighted by molar-refractivity contribution is 8.00. The van der Waals surface area contributed by atoms with Gasteiger partial charge in [0.1, 0.15) is 0 Å². The monoisotopic (exact) mass is 483 g/mol. The van der Waals surface area contributed by atoms with Crippen LogP contribution in [0.5, 0.6) is 0 Å². The van der Waals surface area contributed by atoms with Gasteiger partial charge in [-0.2, -0.15) is 0 Å². The van der Waals surface area contributed by atoms with E-state index in [2.05, 4.69) is 25.0 Å². The Bertz CT molecular complexity index is 893. The van der Waals surface area contributed by atoms with Crippen LogP contribution in [0.1, 0.15) is 39.0 Å². The number of ether oxygens (including phenoxy) is 1. The molecule has 2 aliphatic rings. The molecule has 0 unspecified atom stereocenters. The van der Waals surface area contributed by atoms with Gasteiger partial charge in [-0.25, -0.2) is 0 Å². The van der Waals surface area contributed by atoms with Crippen molar-refractivity contribution in [2.75, 3.05) is 29.9 Å². The molecule has 2 aliphatic heterocycles. The second-order valence-corrected chi connectivity index (χ2v) is 10.2. The lowest BCUT2D eigenvalue weighted by Gasteiger charge is -2.28. The largest absolute Gasteiger partial charge is 0.376 e. The minimum atomic E-state index is -0.376. The number of piperidine rings is 1. The van der Waals surface area contributed by atoms with Crippen molar-refractivity contribution in [3.8, 4) is 0 Å². The predicted octanol–water partition coefficient (Wildman–Crippen LogP) is 4.87. The van der Waals surface area contributed by atoms with E-state index in [1.54, 1.807) is 18.2 Å². The van der Waals surface area contributed by atoms with Gasteiger partial charge in [-0.1, -0.05) is 35.0 Å². The number of anilines is 2. The van der Waals surface area contributed by atoms with Gasteiger partial charge in [0.25, 0.3) is 0 Å². The van der Waals surface area contributed by atoms with Crippen LogP contribution < -0.4 is 10.2 Å². The maximum Gasteiger partial charge on any atom is 0.237 e. The molecule has 2 saturated heterocycles. The number of amides is 1. The molecule has 3 heterocycles. The number of hydrogen-bond acceptors (Lipinski definition) is 6. The van der Waals surface area contributed by atoms with Crippen molar-refractivity contribution in [3.05, 3.63) is 28.2 Å². The van der Waals surface area contributed by atoms with E-state index >= 15 is 0 Å². The second-order valence-electron chi connectivity index (χ2n) is 7.98. The summed E-state index contributed by atoms with van der Waals surface area (Å²) in [6.07, 6.45) is 5.86. The van der Waals surface area contributed by atoms with Crippen molar-refractivity contribution in [2.24, 2.45) is 0 Å². The van der Waals surface area contributed by atoms with E-state index in [1.165, 1.54) is 18.2 Å². The van der Waals surface area contributed by atoms with Crippen molar-refractivity contribution in [2.45, 2.75) is 62.1 Å². The van der Waals surface area contributed by atoms with Gasteiger partial charge in [-0.3, -0.25) is 9.36 Å². The SMILES string of the molecule is C[C@H](Sc1nnc(N2CCCCC2)n1C[C@@H]1CCCO1)C(=O)Nc1cc(Cl)cc(Cl)c1. The van der Waals surface area contributed by atoms with Crippen LogP contribution in [0, 0.1) is 0 Å². The van der Waals surface area contributed by atoms with Crippen molar-refractivity contribution in [3.63, 3.8) is 0 Å². The summed E-state index contributed by atoms with van der Waals surface area (Å²) in [6.45, 7) is 5.34. The van der Waals surface area contributed by atoms with Crippen LogP contribution in [0.2, 0.25) is 10.0 Å². The van der Waals surface area contributed by atoms with Crippen LogP contribution in [-0.4, -0.2) is 51.7 Å². The molecular formula is C21H27Cl2N5O2S. The zero-order chi connectivity index (χ0) is 21.8. The van der Waals surface area contributed by atoms with Gasteiger partial charge in [0, 0.05) is 35.4 Å². The number of halogens is 2. The third-order valence-electron chi connectivity index (χ3n) is 5.53. The Kier molecular flexibility index (Phi) is 7.63. The molecule has 0 radical (unpaired) electrons. The number of nitrogens with zero attached hydrogens (tertiary/aromatic N) is 4. The summed E-state index contributed by atoms with van der Waals surface area (Å²) < 4.78 is 8.00. The Balaban J connectivity index is 1.49. The number of carbonyl (C=O) groups excluding carboxylic acids is 1. The Morgan fingerprint density at radius 2 is 1.94 bits per heavy atom. The summed E-state index contributed by atoms with van der Waals surface area (Å²) in [6, 6.07) is 4.99. The van der Waals surface area contributed by atoms with E-state index in [1.807, 2.05) is 6.92 Å². The average molecular weight is 484 g/mol. The molecule has 0 saturated carbocycles. The second kappa shape index (κ2) is 10.4. The zero-order valence-electron chi connectivity index (χ0n) is 17.5. The molecule has 168 valence electrons. The maximum atomic E-state index is 12.8. The molecule has 2 aromatic rings. The normalized spacial score (nSPS) is 20.1. The number of aromatic nitrogens is 3. The number of carbonyl (C=O) groups is 1. The fourth-order valence-electron chi connectivity index (χ4n) is 3.93. The Hall–Kier alpha value is -1.48. The Labute approximate surface area is 196 Å². The number of rotatable bonds is 7. The van der Waals surface area contributed by atoms with Gasteiger partial charge in [-0.05, 0) is 57.2 Å². The third kappa shape index (κ3) is 5.86. The summed E-state index contributed by atoms with van der Waals surface area (Å²) in [7, 11) is 0. The molecule has 1 aromatic carbocycles. The van der Waals surface area contributed by atoms with Gasteiger partial charge >= 0.3 is 0 Å². The standard InChI is InChI=1S/C21H27Cl2N5O2S/c1-14(19(29)24-17-11-15(22)10-16(23)12-17)31-21-26-25-20(27-7-3-2-4-8-27)28(21)13-18-6-5-9-30-18/h10-12,14,18H,2-9,13H2,1H3,(H,24,29)/t14-,18-/m0/s1. The van der Waals surface area contributed by atoms with Crippen LogP contribution in [0.4, 0.5) is 11.6 Å². The molecule has 4 rings (SSSR count). The van der Waals surface area contributed by atoms with Crippen LogP contribution in [0.25, 0.3) is 0 Å². The van der Waals surface area contributed by atoms with E-state index in [0.29, 0.717) is 22.3 Å². The Morgan fingerprint density at radius 1 is 1.19 bits per heavy atom. The molecule has 1 aromatic heterocycles. The number of hydrogen-bond donors (Lipinski definition) is 1. The van der Waals surface area contributed by atoms with Crippen molar-refractivity contribution in [1.82, 2.24) is 14.8 Å². The lowest BCUT2D eigenvalue weighted by molar-refractivity contribution is -0.115. The highest BCUT2D eigenvalue weighted by Crippen LogP contribution is 2.30. The quantitative estimate of drug-likeness (QED) is 0.566. The zero-order valence-corrected chi connectivity index (χ0v) is 19.8. The summed E-state index contributed by atoms with van der Waals surface area (Å²) in [5.41, 5.74) is 0.574. The first-order chi connectivity index (χ1) is 15.0. The molecule has 0 spiro atoms. The van der Waals surface area contributed by atoms with Crippen molar-refractivity contribution in [1.29, 1.82) is 0 Å². The van der Waals surface area contributed by atoms with Crippen LogP contribution in [0.3, 0.4) is 0 Å². The van der Waals surface area contributed by atoms with E-state index in [4.69, 9.17) is 27.9 Å². The first-order valence-corrected chi connectivity index (χ1v) is 12.4. The van der Waals surface area contributed by atoms with Crippen LogP contribution >= 0.6 is 35.0 Å². The number of thioether (sulfide) groups is 1. The van der Waals surface area contributed by atoms with Gasteiger partial charge in [0.2, 0.25) is 11.9 Å². The predicted molar refractivity (Wildman–Crippen MR) is 125 cm³/mol. The lowest BCUT2D eigenvalue weighted by Crippen LogP contribution is -2.33. The minimum absolute atomic E-state index is 0.144. The van der Waals surface area contributed by atoms with Crippen molar-refractivity contribution < 1.29 is 9.53 Å². The third-order valence-corrected chi connectivity index (χ3v) is 7.04. The van der Waals surface area contributed by atoms with Crippen LogP contribution in [0.15, 0.2) is 23.4 Å². The van der Waals surface area contributed by atoms with E-state index < -0.39 is 0 Å². The Morgan fingerprint density at radius 3 is 2.61 bits per heavy atom. The molecular weight excluding hydrogens is 457 g/mol. The van der Waals surface area contributed by atoms with E-state index in [-0.39, 0.29) is 17.3 Å². The van der Waals surface area contributed by atoms with Gasteiger partial charge in [-0.15, -0.1) is 10.2 Å². The van der Waals surface area contributed by atoms with Gasteiger partial charge in [0.15, 0.2) is 5.16 Å². The first-order valence-electron chi connectivity index (χ1n) is 10.7. The smallest absolute Gasteiger partial charge is 0.237 e. The van der Waals surface area contributed by atoms with E-state index in [0.717, 1.165) is 56.5 Å². The summed E-state index contributed by atoms with van der Waals surface area (Å²) in [5, 5.41) is 13.1. The molecule has 7 nitrogen and oxygen atoms in total.